The van der Waals surface area contributed by atoms with Gasteiger partial charge < -0.3 is 33.9 Å². The van der Waals surface area contributed by atoms with Crippen LogP contribution in [0.25, 0.3) is 0 Å². The number of hydrogen-bond acceptors (Lipinski definition) is 9. The molecule has 2 aromatic rings. The molecule has 0 aromatic heterocycles. The molecule has 47 heavy (non-hydrogen) atoms. The van der Waals surface area contributed by atoms with Gasteiger partial charge in [-0.25, -0.2) is 0 Å². The molecule has 5 fully saturated rings. The number of unbranched alkanes of at least 4 members (excludes halogenated alkanes) is 1. The van der Waals surface area contributed by atoms with Gasteiger partial charge >= 0.3 is 11.9 Å². The van der Waals surface area contributed by atoms with Crippen LogP contribution in [0.15, 0.2) is 84.5 Å². The van der Waals surface area contributed by atoms with Crippen LogP contribution in [0.5, 0.6) is 0 Å². The fraction of sp³-hybridized carbons (Fsp3) is 0.526. The van der Waals surface area contributed by atoms with Crippen LogP contribution in [0.1, 0.15) is 57.6 Å². The highest BCUT2D eigenvalue weighted by molar-refractivity contribution is 6.04. The Balaban J connectivity index is 1.23. The molecular formula is C38H42O9. The number of benzene rings is 2. The lowest BCUT2D eigenvalue weighted by molar-refractivity contribution is -0.439. The largest absolute Gasteiger partial charge is 0.458 e. The molecule has 3 bridgehead atoms. The van der Waals surface area contributed by atoms with Gasteiger partial charge in [-0.1, -0.05) is 80.2 Å². The Morgan fingerprint density at radius 2 is 1.72 bits per heavy atom. The predicted molar refractivity (Wildman–Crippen MR) is 168 cm³/mol. The highest BCUT2D eigenvalue weighted by atomic mass is 16.9. The first-order valence-electron chi connectivity index (χ1n) is 16.7. The molecular weight excluding hydrogens is 600 g/mol. The lowest BCUT2D eigenvalue weighted by Crippen LogP contribution is -2.76. The van der Waals surface area contributed by atoms with Crippen molar-refractivity contribution in [3.8, 4) is 0 Å². The molecule has 3 heterocycles. The van der Waals surface area contributed by atoms with E-state index in [-0.39, 0.29) is 18.8 Å². The normalized spacial score (nSPS) is 43.8. The summed E-state index contributed by atoms with van der Waals surface area (Å²) >= 11 is 0. The zero-order valence-electron chi connectivity index (χ0n) is 27.0. The monoisotopic (exact) mass is 642 g/mol. The summed E-state index contributed by atoms with van der Waals surface area (Å²) in [5, 5.41) is 23.1. The smallest absolute Gasteiger partial charge is 0.314 e. The number of hydrogen-bond donors (Lipinski definition) is 2. The fourth-order valence-corrected chi connectivity index (χ4v) is 9.73. The van der Waals surface area contributed by atoms with E-state index in [2.05, 4.69) is 18.7 Å². The van der Waals surface area contributed by atoms with E-state index in [1.165, 1.54) is 5.56 Å². The summed E-state index contributed by atoms with van der Waals surface area (Å²) in [6.07, 6.45) is 1.89. The molecule has 3 aliphatic carbocycles. The number of rotatable bonds is 9. The molecule has 3 aliphatic heterocycles. The summed E-state index contributed by atoms with van der Waals surface area (Å²) in [6.45, 7) is 9.45. The number of esters is 1. The van der Waals surface area contributed by atoms with Crippen LogP contribution in [0.3, 0.4) is 0 Å². The van der Waals surface area contributed by atoms with Gasteiger partial charge in [0.2, 0.25) is 0 Å². The molecule has 2 saturated carbocycles. The first kappa shape index (κ1) is 31.1. The number of Topliss-reactive ketones (excluding diaryl/α,β-unsaturated/α-hetero) is 1. The van der Waals surface area contributed by atoms with Crippen molar-refractivity contribution in [2.24, 2.45) is 17.8 Å². The quantitative estimate of drug-likeness (QED) is 0.178. The summed E-state index contributed by atoms with van der Waals surface area (Å²) < 4.78 is 33.9. The summed E-state index contributed by atoms with van der Waals surface area (Å²) in [4.78, 5) is 27.5. The number of aryl methyl sites for hydroxylation is 1. The van der Waals surface area contributed by atoms with Crippen molar-refractivity contribution in [1.29, 1.82) is 0 Å². The van der Waals surface area contributed by atoms with E-state index in [1.54, 1.807) is 13.0 Å². The zero-order valence-corrected chi connectivity index (χ0v) is 27.0. The molecule has 0 spiro atoms. The molecule has 248 valence electrons. The van der Waals surface area contributed by atoms with Gasteiger partial charge in [0.05, 0.1) is 18.3 Å². The summed E-state index contributed by atoms with van der Waals surface area (Å²) in [5.74, 6) is -4.62. The number of carbonyl (C=O) groups is 2. The van der Waals surface area contributed by atoms with Gasteiger partial charge in [0, 0.05) is 36.2 Å². The van der Waals surface area contributed by atoms with Gasteiger partial charge in [0.1, 0.15) is 23.4 Å². The average Bonchev–Trinajstić information content (AvgIpc) is 3.65. The molecule has 3 saturated heterocycles. The standard InChI is InChI=1S/C38H42O9/c1-22(2)36-31(43-28(40)18-12-11-15-25-13-7-5-8-14-25)24(4)37-27-19-23(3)30(41)35(27,42)20-34(21-39)32(44-34)29(37)33(36)45-38(46-36,47-37)26-16-9-6-10-17-26/h5-10,13-14,16-17,19,24,27,29,31-33,39,42H,1,11-12,15,18,20-21H2,2-4H3/t24-,27-,29+,31-,32?,33-,34?,35-,36+,37+,38?/m1/s1. The van der Waals surface area contributed by atoms with E-state index in [0.717, 1.165) is 12.8 Å². The third-order valence-electron chi connectivity index (χ3n) is 11.9. The lowest BCUT2D eigenvalue weighted by Gasteiger charge is -2.61. The fourth-order valence-electron chi connectivity index (χ4n) is 9.73. The molecule has 6 aliphatic rings. The van der Waals surface area contributed by atoms with Crippen molar-refractivity contribution < 1.29 is 43.5 Å². The summed E-state index contributed by atoms with van der Waals surface area (Å²) in [6, 6.07) is 19.4. The van der Waals surface area contributed by atoms with Crippen LogP contribution in [0.2, 0.25) is 0 Å². The van der Waals surface area contributed by atoms with E-state index in [0.29, 0.717) is 23.1 Å². The van der Waals surface area contributed by atoms with Crippen LogP contribution in [0.4, 0.5) is 0 Å². The van der Waals surface area contributed by atoms with Gasteiger partial charge in [0.25, 0.3) is 0 Å². The van der Waals surface area contributed by atoms with Crippen LogP contribution in [-0.4, -0.2) is 69.3 Å². The van der Waals surface area contributed by atoms with Gasteiger partial charge in [-0.15, -0.1) is 0 Å². The Hall–Kier alpha value is -3.18. The maximum atomic E-state index is 13.8. The van der Waals surface area contributed by atoms with Gasteiger partial charge in [-0.3, -0.25) is 9.59 Å². The highest BCUT2D eigenvalue weighted by Crippen LogP contribution is 2.74. The van der Waals surface area contributed by atoms with Gasteiger partial charge in [0.15, 0.2) is 11.4 Å². The third-order valence-corrected chi connectivity index (χ3v) is 11.9. The second kappa shape index (κ2) is 10.4. The zero-order chi connectivity index (χ0) is 33.0. The van der Waals surface area contributed by atoms with Crippen molar-refractivity contribution in [3.05, 3.63) is 95.6 Å². The topological polar surface area (TPSA) is 124 Å². The second-order valence-corrected chi connectivity index (χ2v) is 14.5. The first-order chi connectivity index (χ1) is 22.5. The minimum atomic E-state index is -1.92. The van der Waals surface area contributed by atoms with E-state index in [9.17, 15) is 19.8 Å². The van der Waals surface area contributed by atoms with Crippen LogP contribution >= 0.6 is 0 Å². The first-order valence-corrected chi connectivity index (χ1v) is 16.7. The summed E-state index contributed by atoms with van der Waals surface area (Å²) in [7, 11) is 0. The molecule has 9 nitrogen and oxygen atoms in total. The van der Waals surface area contributed by atoms with Crippen molar-refractivity contribution in [2.75, 3.05) is 6.61 Å². The number of ketones is 1. The molecule has 8 rings (SSSR count). The molecule has 2 aromatic carbocycles. The lowest BCUT2D eigenvalue weighted by atomic mass is 9.53. The van der Waals surface area contributed by atoms with Crippen molar-refractivity contribution >= 4 is 11.8 Å². The molecule has 0 radical (unpaired) electrons. The van der Waals surface area contributed by atoms with E-state index in [4.69, 9.17) is 23.7 Å². The van der Waals surface area contributed by atoms with Crippen molar-refractivity contribution in [1.82, 2.24) is 0 Å². The molecule has 11 atom stereocenters. The number of fused-ring (bicyclic) bond motifs is 3. The van der Waals surface area contributed by atoms with E-state index >= 15 is 0 Å². The SMILES string of the molecule is C=C(C)[C@@]12OC3(c4ccccc4)O[C@@H]1[C@@H]1C4OC4(CO)C[C@]4(O)C(=O)C(C)=C[C@H]4[C@@]1(O3)[C@H](C)[C@H]2OC(=O)CCCCc1ccccc1. The number of aliphatic hydroxyl groups excluding tert-OH is 1. The maximum absolute atomic E-state index is 13.8. The predicted octanol–water partition coefficient (Wildman–Crippen LogP) is 4.30. The van der Waals surface area contributed by atoms with Gasteiger partial charge in [-0.05, 0) is 49.8 Å². The minimum Gasteiger partial charge on any atom is -0.458 e. The van der Waals surface area contributed by atoms with Crippen molar-refractivity contribution in [2.45, 2.75) is 99.6 Å². The Morgan fingerprint density at radius 1 is 1.02 bits per heavy atom. The van der Waals surface area contributed by atoms with Crippen LogP contribution in [-0.2, 0) is 45.7 Å². The minimum absolute atomic E-state index is 0.0926. The molecule has 0 amide bonds. The number of epoxide rings is 1. The number of ether oxygens (including phenoxy) is 5. The molecule has 2 N–H and O–H groups in total. The van der Waals surface area contributed by atoms with Crippen molar-refractivity contribution in [3.63, 3.8) is 0 Å². The Kier molecular flexibility index (Phi) is 6.89. The Labute approximate surface area is 274 Å². The third kappa shape index (κ3) is 4.04. The average molecular weight is 643 g/mol. The summed E-state index contributed by atoms with van der Waals surface area (Å²) in [5.41, 5.74) is -2.99. The molecule has 9 heteroatoms. The highest BCUT2D eigenvalue weighted by Gasteiger charge is 2.88. The Morgan fingerprint density at radius 3 is 2.40 bits per heavy atom. The van der Waals surface area contributed by atoms with Crippen LogP contribution in [0, 0.1) is 17.8 Å². The van der Waals surface area contributed by atoms with E-state index in [1.807, 2.05) is 62.4 Å². The second-order valence-electron chi connectivity index (χ2n) is 14.5. The van der Waals surface area contributed by atoms with E-state index < -0.39 is 76.8 Å². The van der Waals surface area contributed by atoms with Crippen LogP contribution < -0.4 is 0 Å². The number of aliphatic hydroxyl groups is 2. The number of carbonyl (C=O) groups excluding carboxylic acids is 2. The maximum Gasteiger partial charge on any atom is 0.314 e. The van der Waals surface area contributed by atoms with Gasteiger partial charge in [-0.2, -0.15) is 0 Å². The molecule has 3 unspecified atom stereocenters. The Bertz CT molecular complexity index is 1660.